The van der Waals surface area contributed by atoms with Gasteiger partial charge in [0, 0.05) is 31.1 Å². The van der Waals surface area contributed by atoms with Gasteiger partial charge in [-0.15, -0.1) is 0 Å². The van der Waals surface area contributed by atoms with E-state index < -0.39 is 11.7 Å². The van der Waals surface area contributed by atoms with Crippen LogP contribution in [0.2, 0.25) is 5.02 Å². The van der Waals surface area contributed by atoms with Gasteiger partial charge in [-0.1, -0.05) is 11.6 Å². The first-order valence-corrected chi connectivity index (χ1v) is 6.31. The van der Waals surface area contributed by atoms with Crippen molar-refractivity contribution < 1.29 is 19.7 Å². The number of aryl methyl sites for hydroxylation is 1. The number of carbonyl (C=O) groups excluding carboxylic acids is 1. The summed E-state index contributed by atoms with van der Waals surface area (Å²) in [6.45, 7) is 0. The van der Waals surface area contributed by atoms with Gasteiger partial charge in [-0.25, -0.2) is 9.78 Å². The lowest BCUT2D eigenvalue weighted by molar-refractivity contribution is 0.0597. The van der Waals surface area contributed by atoms with Crippen LogP contribution >= 0.6 is 11.6 Å². The minimum absolute atomic E-state index is 0.0568. The van der Waals surface area contributed by atoms with Gasteiger partial charge in [-0.05, 0) is 12.2 Å². The molecule has 0 aliphatic carbocycles. The molecule has 2 N–H and O–H groups in total. The van der Waals surface area contributed by atoms with Crippen molar-refractivity contribution in [3.8, 4) is 11.5 Å². The Morgan fingerprint density at radius 2 is 2.10 bits per heavy atom. The fourth-order valence-corrected chi connectivity index (χ4v) is 2.03. The van der Waals surface area contributed by atoms with Crippen LogP contribution in [0, 0.1) is 0 Å². The highest BCUT2D eigenvalue weighted by atomic mass is 35.5. The molecule has 0 radical (unpaired) electrons. The molecule has 0 amide bonds. The van der Waals surface area contributed by atoms with Crippen LogP contribution in [0.25, 0.3) is 12.2 Å². The Balaban J connectivity index is 2.58. The molecule has 2 aromatic rings. The van der Waals surface area contributed by atoms with Gasteiger partial charge >= 0.3 is 5.97 Å². The molecule has 0 aliphatic heterocycles. The Morgan fingerprint density at radius 3 is 2.67 bits per heavy atom. The Hall–Kier alpha value is -2.47. The summed E-state index contributed by atoms with van der Waals surface area (Å²) in [5.74, 6) is -0.886. The van der Waals surface area contributed by atoms with E-state index in [1.54, 1.807) is 30.1 Å². The van der Waals surface area contributed by atoms with Crippen molar-refractivity contribution in [2.45, 2.75) is 0 Å². The van der Waals surface area contributed by atoms with Crippen molar-refractivity contribution >= 4 is 29.7 Å². The van der Waals surface area contributed by atoms with Crippen LogP contribution < -0.4 is 0 Å². The van der Waals surface area contributed by atoms with Crippen molar-refractivity contribution in [1.82, 2.24) is 9.55 Å². The molecule has 0 unspecified atom stereocenters. The molecule has 21 heavy (non-hydrogen) atoms. The van der Waals surface area contributed by atoms with Gasteiger partial charge in [0.05, 0.1) is 12.1 Å². The molecule has 0 aliphatic rings. The molecule has 0 spiro atoms. The lowest BCUT2D eigenvalue weighted by atomic mass is 10.0. The normalized spacial score (nSPS) is 11.0. The van der Waals surface area contributed by atoms with E-state index in [1.807, 2.05) is 0 Å². The van der Waals surface area contributed by atoms with Gasteiger partial charge in [0.25, 0.3) is 0 Å². The largest absolute Gasteiger partial charge is 0.507 e. The predicted octanol–water partition coefficient (Wildman–Crippen LogP) is 2.44. The number of aromatic nitrogens is 2. The average Bonchev–Trinajstić information content (AvgIpc) is 2.85. The number of hydrogen-bond donors (Lipinski definition) is 2. The third kappa shape index (κ3) is 2.85. The highest BCUT2D eigenvalue weighted by Crippen LogP contribution is 2.37. The van der Waals surface area contributed by atoms with E-state index in [9.17, 15) is 15.0 Å². The number of nitrogens with zero attached hydrogens (tertiary/aromatic N) is 2. The summed E-state index contributed by atoms with van der Waals surface area (Å²) in [6, 6.07) is 0.993. The van der Waals surface area contributed by atoms with Crippen LogP contribution in [-0.2, 0) is 11.8 Å². The fraction of sp³-hybridized carbons (Fsp3) is 0.143. The van der Waals surface area contributed by atoms with Crippen molar-refractivity contribution in [3.63, 3.8) is 0 Å². The first-order valence-electron chi connectivity index (χ1n) is 5.93. The number of aromatic hydroxyl groups is 2. The van der Waals surface area contributed by atoms with E-state index in [0.29, 0.717) is 5.82 Å². The van der Waals surface area contributed by atoms with Crippen molar-refractivity contribution in [2.24, 2.45) is 7.05 Å². The van der Waals surface area contributed by atoms with E-state index in [1.165, 1.54) is 13.2 Å². The highest BCUT2D eigenvalue weighted by Gasteiger charge is 2.21. The van der Waals surface area contributed by atoms with Crippen LogP contribution in [-0.4, -0.2) is 32.8 Å². The highest BCUT2D eigenvalue weighted by molar-refractivity contribution is 6.34. The minimum Gasteiger partial charge on any atom is -0.507 e. The second-order valence-corrected chi connectivity index (χ2v) is 4.62. The summed E-state index contributed by atoms with van der Waals surface area (Å²) in [5.41, 5.74) is 0.0368. The first-order chi connectivity index (χ1) is 9.95. The molecule has 0 fully saturated rings. The Bertz CT molecular complexity index is 722. The predicted molar refractivity (Wildman–Crippen MR) is 78.3 cm³/mol. The van der Waals surface area contributed by atoms with Gasteiger partial charge in [0.15, 0.2) is 0 Å². The van der Waals surface area contributed by atoms with Gasteiger partial charge in [-0.3, -0.25) is 0 Å². The van der Waals surface area contributed by atoms with Crippen LogP contribution in [0.3, 0.4) is 0 Å². The monoisotopic (exact) mass is 308 g/mol. The zero-order chi connectivity index (χ0) is 15.6. The summed E-state index contributed by atoms with van der Waals surface area (Å²) >= 11 is 6.00. The smallest absolute Gasteiger partial charge is 0.342 e. The molecule has 0 atom stereocenters. The fourth-order valence-electron chi connectivity index (χ4n) is 1.82. The number of esters is 1. The van der Waals surface area contributed by atoms with Crippen LogP contribution in [0.15, 0.2) is 18.5 Å². The number of benzene rings is 1. The van der Waals surface area contributed by atoms with E-state index >= 15 is 0 Å². The Morgan fingerprint density at radius 1 is 1.38 bits per heavy atom. The maximum Gasteiger partial charge on any atom is 0.342 e. The van der Waals surface area contributed by atoms with Gasteiger partial charge in [0.1, 0.15) is 22.9 Å². The van der Waals surface area contributed by atoms with E-state index in [2.05, 4.69) is 9.72 Å². The molecule has 0 saturated carbocycles. The number of hydrogen-bond acceptors (Lipinski definition) is 5. The molecule has 0 bridgehead atoms. The van der Waals surface area contributed by atoms with Crippen LogP contribution in [0.5, 0.6) is 11.5 Å². The van der Waals surface area contributed by atoms with Crippen molar-refractivity contribution in [2.75, 3.05) is 7.11 Å². The topological polar surface area (TPSA) is 84.6 Å². The minimum atomic E-state index is -0.756. The number of carbonyl (C=O) groups is 1. The standard InChI is InChI=1S/C14H13ClN2O4/c1-17-6-5-16-11(17)4-3-8-12(14(20)21-2)9(18)7-10(19)13(8)15/h3-7,18-19H,1-2H3/b4-3+. The second kappa shape index (κ2) is 5.88. The maximum absolute atomic E-state index is 11.8. The summed E-state index contributed by atoms with van der Waals surface area (Å²) in [6.07, 6.45) is 6.45. The van der Waals surface area contributed by atoms with Gasteiger partial charge in [-0.2, -0.15) is 0 Å². The number of imidazole rings is 1. The molecule has 0 saturated heterocycles. The molecular weight excluding hydrogens is 296 g/mol. The number of ether oxygens (including phenoxy) is 1. The van der Waals surface area contributed by atoms with Gasteiger partial charge < -0.3 is 19.5 Å². The molecule has 2 rings (SSSR count). The maximum atomic E-state index is 11.8. The number of halogens is 1. The Kier molecular flexibility index (Phi) is 4.18. The number of methoxy groups -OCH3 is 1. The first kappa shape index (κ1) is 14.9. The Labute approximate surface area is 125 Å². The summed E-state index contributed by atoms with van der Waals surface area (Å²) in [5, 5.41) is 19.5. The average molecular weight is 309 g/mol. The lowest BCUT2D eigenvalue weighted by Gasteiger charge is -2.10. The molecular formula is C14H13ClN2O4. The lowest BCUT2D eigenvalue weighted by Crippen LogP contribution is -2.05. The van der Waals surface area contributed by atoms with Crippen LogP contribution in [0.1, 0.15) is 21.7 Å². The van der Waals surface area contributed by atoms with E-state index in [-0.39, 0.29) is 21.9 Å². The third-order valence-electron chi connectivity index (χ3n) is 2.91. The zero-order valence-electron chi connectivity index (χ0n) is 11.4. The quantitative estimate of drug-likeness (QED) is 0.851. The van der Waals surface area contributed by atoms with E-state index in [4.69, 9.17) is 11.6 Å². The summed E-state index contributed by atoms with van der Waals surface area (Å²) in [4.78, 5) is 15.9. The molecule has 1 heterocycles. The van der Waals surface area contributed by atoms with E-state index in [0.717, 1.165) is 6.07 Å². The van der Waals surface area contributed by atoms with Gasteiger partial charge in [0.2, 0.25) is 0 Å². The summed E-state index contributed by atoms with van der Waals surface area (Å²) < 4.78 is 6.37. The molecule has 7 heteroatoms. The zero-order valence-corrected chi connectivity index (χ0v) is 12.1. The van der Waals surface area contributed by atoms with Crippen LogP contribution in [0.4, 0.5) is 0 Å². The molecule has 1 aromatic carbocycles. The second-order valence-electron chi connectivity index (χ2n) is 4.24. The van der Waals surface area contributed by atoms with Crippen molar-refractivity contribution in [1.29, 1.82) is 0 Å². The number of phenolic OH excluding ortho intramolecular Hbond substituents is 2. The molecule has 110 valence electrons. The number of rotatable bonds is 3. The third-order valence-corrected chi connectivity index (χ3v) is 3.30. The molecule has 1 aromatic heterocycles. The number of phenols is 2. The van der Waals surface area contributed by atoms with Crippen molar-refractivity contribution in [3.05, 3.63) is 40.4 Å². The molecule has 6 nitrogen and oxygen atoms in total. The SMILES string of the molecule is COC(=O)c1c(O)cc(O)c(Cl)c1/C=C/c1nccn1C. The summed E-state index contributed by atoms with van der Waals surface area (Å²) in [7, 11) is 2.99.